The maximum Gasteiger partial charge on any atom is 0.229 e. The van der Waals surface area contributed by atoms with E-state index >= 15 is 0 Å². The van der Waals surface area contributed by atoms with Gasteiger partial charge in [0.2, 0.25) is 11.8 Å². The standard InChI is InChI=1S/C24H29N7O2/c1-17(15-28-24(25-4)20-7-8-26-18(2)14-20)13-23(33)29-22-6-5-21(16-27-22)31-11-9-30(10-12-31)19(3)32/h5-8,14-16H,4,9-13H2,1-3H3,(H,27,29,33)/b17-15+,28-24-. The van der Waals surface area contributed by atoms with Crippen LogP contribution in [-0.4, -0.2) is 65.4 Å². The Hall–Kier alpha value is -3.88. The summed E-state index contributed by atoms with van der Waals surface area (Å²) in [5, 5.41) is 2.81. The first kappa shape index (κ1) is 23.8. The molecule has 3 rings (SSSR count). The second-order valence-electron chi connectivity index (χ2n) is 7.89. The minimum atomic E-state index is -0.179. The van der Waals surface area contributed by atoms with E-state index in [1.165, 1.54) is 0 Å². The van der Waals surface area contributed by atoms with Crippen LogP contribution < -0.4 is 10.2 Å². The highest BCUT2D eigenvalue weighted by Crippen LogP contribution is 2.18. The molecule has 0 radical (unpaired) electrons. The molecule has 1 fully saturated rings. The lowest BCUT2D eigenvalue weighted by atomic mass is 10.2. The molecule has 1 aliphatic rings. The van der Waals surface area contributed by atoms with Gasteiger partial charge < -0.3 is 15.1 Å². The number of rotatable bonds is 6. The molecule has 0 aliphatic carbocycles. The third-order valence-corrected chi connectivity index (χ3v) is 5.26. The maximum atomic E-state index is 12.4. The first-order chi connectivity index (χ1) is 15.9. The van der Waals surface area contributed by atoms with E-state index < -0.39 is 0 Å². The van der Waals surface area contributed by atoms with Crippen molar-refractivity contribution < 1.29 is 9.59 Å². The number of amidine groups is 1. The summed E-state index contributed by atoms with van der Waals surface area (Å²) in [5.74, 6) is 0.886. The predicted octanol–water partition coefficient (Wildman–Crippen LogP) is 2.83. The van der Waals surface area contributed by atoms with Gasteiger partial charge in [-0.15, -0.1) is 0 Å². The summed E-state index contributed by atoms with van der Waals surface area (Å²) in [5.41, 5.74) is 3.43. The normalized spacial score (nSPS) is 14.8. The summed E-state index contributed by atoms with van der Waals surface area (Å²) in [4.78, 5) is 44.8. The van der Waals surface area contributed by atoms with E-state index in [4.69, 9.17) is 0 Å². The molecule has 2 aromatic rings. The SMILES string of the molecule is C=N/C(=N\C=C(/C)CC(=O)Nc1ccc(N2CCN(C(C)=O)CC2)cn1)c1ccnc(C)c1. The van der Waals surface area contributed by atoms with Crippen LogP contribution in [0.2, 0.25) is 0 Å². The number of amides is 2. The first-order valence-corrected chi connectivity index (χ1v) is 10.8. The lowest BCUT2D eigenvalue weighted by Crippen LogP contribution is -2.48. The van der Waals surface area contributed by atoms with Crippen molar-refractivity contribution in [2.75, 3.05) is 36.4 Å². The van der Waals surface area contributed by atoms with Crippen LogP contribution in [0.1, 0.15) is 31.5 Å². The molecule has 0 spiro atoms. The van der Waals surface area contributed by atoms with E-state index in [0.29, 0.717) is 24.7 Å². The summed E-state index contributed by atoms with van der Waals surface area (Å²) in [6, 6.07) is 7.40. The monoisotopic (exact) mass is 447 g/mol. The lowest BCUT2D eigenvalue weighted by Gasteiger charge is -2.35. The van der Waals surface area contributed by atoms with E-state index in [1.54, 1.807) is 31.6 Å². The Kier molecular flexibility index (Phi) is 8.01. The molecule has 2 amide bonds. The Morgan fingerprint density at radius 1 is 1.15 bits per heavy atom. The highest BCUT2D eigenvalue weighted by Gasteiger charge is 2.19. The number of anilines is 2. The Labute approximate surface area is 194 Å². The first-order valence-electron chi connectivity index (χ1n) is 10.8. The fourth-order valence-corrected chi connectivity index (χ4v) is 3.48. The van der Waals surface area contributed by atoms with Gasteiger partial charge in [0, 0.05) is 63.2 Å². The number of pyridine rings is 2. The molecule has 1 N–H and O–H groups in total. The molecular formula is C24H29N7O2. The Morgan fingerprint density at radius 3 is 2.52 bits per heavy atom. The van der Waals surface area contributed by atoms with Crippen LogP contribution in [0.25, 0.3) is 0 Å². The van der Waals surface area contributed by atoms with Gasteiger partial charge in [-0.05, 0) is 50.4 Å². The minimum Gasteiger partial charge on any atom is -0.367 e. The van der Waals surface area contributed by atoms with Crippen LogP contribution in [0.3, 0.4) is 0 Å². The number of aryl methyl sites for hydroxylation is 1. The van der Waals surface area contributed by atoms with Gasteiger partial charge in [0.1, 0.15) is 5.82 Å². The molecule has 9 nitrogen and oxygen atoms in total. The van der Waals surface area contributed by atoms with Gasteiger partial charge in [-0.2, -0.15) is 0 Å². The van der Waals surface area contributed by atoms with Crippen molar-refractivity contribution in [3.8, 4) is 0 Å². The second kappa shape index (κ2) is 11.1. The molecule has 9 heteroatoms. The molecule has 0 aromatic carbocycles. The number of aromatic nitrogens is 2. The average molecular weight is 448 g/mol. The Bertz CT molecular complexity index is 1070. The number of aliphatic imine (C=N–C) groups is 2. The fraction of sp³-hybridized carbons (Fsp3) is 0.333. The summed E-state index contributed by atoms with van der Waals surface area (Å²) >= 11 is 0. The van der Waals surface area contributed by atoms with Crippen LogP contribution in [0, 0.1) is 6.92 Å². The third kappa shape index (κ3) is 6.80. The van der Waals surface area contributed by atoms with Crippen molar-refractivity contribution in [2.45, 2.75) is 27.2 Å². The van der Waals surface area contributed by atoms with Gasteiger partial charge in [-0.25, -0.2) is 15.0 Å². The van der Waals surface area contributed by atoms with E-state index in [9.17, 15) is 9.59 Å². The third-order valence-electron chi connectivity index (χ3n) is 5.26. The molecule has 33 heavy (non-hydrogen) atoms. The number of hydrogen-bond donors (Lipinski definition) is 1. The fourth-order valence-electron chi connectivity index (χ4n) is 3.48. The van der Waals surface area contributed by atoms with Crippen LogP contribution >= 0.6 is 0 Å². The molecule has 2 aromatic heterocycles. The van der Waals surface area contributed by atoms with Crippen molar-refractivity contribution >= 4 is 35.9 Å². The van der Waals surface area contributed by atoms with E-state index in [0.717, 1.165) is 35.6 Å². The number of carbonyl (C=O) groups is 2. The Morgan fingerprint density at radius 2 is 1.91 bits per heavy atom. The summed E-state index contributed by atoms with van der Waals surface area (Å²) < 4.78 is 0. The Balaban J connectivity index is 1.54. The van der Waals surface area contributed by atoms with Gasteiger partial charge in [0.05, 0.1) is 11.9 Å². The van der Waals surface area contributed by atoms with E-state index in [1.807, 2.05) is 36.9 Å². The number of piperazine rings is 1. The highest BCUT2D eigenvalue weighted by atomic mass is 16.2. The minimum absolute atomic E-state index is 0.102. The van der Waals surface area contributed by atoms with E-state index in [2.05, 4.69) is 36.9 Å². The number of carbonyl (C=O) groups excluding carboxylic acids is 2. The molecular weight excluding hydrogens is 418 g/mol. The topological polar surface area (TPSA) is 103 Å². The smallest absolute Gasteiger partial charge is 0.229 e. The zero-order valence-corrected chi connectivity index (χ0v) is 19.3. The van der Waals surface area contributed by atoms with Crippen LogP contribution in [0.15, 0.2) is 58.4 Å². The highest BCUT2D eigenvalue weighted by molar-refractivity contribution is 6.01. The molecule has 0 atom stereocenters. The van der Waals surface area contributed by atoms with Crippen LogP contribution in [-0.2, 0) is 9.59 Å². The quantitative estimate of drug-likeness (QED) is 0.542. The second-order valence-corrected chi connectivity index (χ2v) is 7.89. The van der Waals surface area contributed by atoms with Crippen molar-refractivity contribution in [3.05, 3.63) is 59.7 Å². The van der Waals surface area contributed by atoms with Gasteiger partial charge in [-0.3, -0.25) is 14.6 Å². The van der Waals surface area contributed by atoms with Crippen LogP contribution in [0.5, 0.6) is 0 Å². The average Bonchev–Trinajstić information content (AvgIpc) is 2.80. The molecule has 1 saturated heterocycles. The van der Waals surface area contributed by atoms with Gasteiger partial charge in [0.15, 0.2) is 5.84 Å². The number of nitrogens with one attached hydrogen (secondary N) is 1. The number of nitrogens with zero attached hydrogens (tertiary/aromatic N) is 6. The largest absolute Gasteiger partial charge is 0.367 e. The predicted molar refractivity (Wildman–Crippen MR) is 131 cm³/mol. The van der Waals surface area contributed by atoms with Crippen LogP contribution in [0.4, 0.5) is 11.5 Å². The molecule has 0 unspecified atom stereocenters. The van der Waals surface area contributed by atoms with Crippen molar-refractivity contribution in [1.82, 2.24) is 14.9 Å². The molecule has 172 valence electrons. The summed E-state index contributed by atoms with van der Waals surface area (Å²) in [7, 11) is 0. The molecule has 1 aliphatic heterocycles. The van der Waals surface area contributed by atoms with Crippen molar-refractivity contribution in [3.63, 3.8) is 0 Å². The molecule has 0 saturated carbocycles. The number of hydrogen-bond acceptors (Lipinski definition) is 6. The van der Waals surface area contributed by atoms with Gasteiger partial charge in [0.25, 0.3) is 0 Å². The maximum absolute atomic E-state index is 12.4. The van der Waals surface area contributed by atoms with Gasteiger partial charge in [-0.1, -0.05) is 0 Å². The lowest BCUT2D eigenvalue weighted by molar-refractivity contribution is -0.129. The van der Waals surface area contributed by atoms with Gasteiger partial charge >= 0.3 is 0 Å². The van der Waals surface area contributed by atoms with E-state index in [-0.39, 0.29) is 18.2 Å². The summed E-state index contributed by atoms with van der Waals surface area (Å²) in [6.07, 6.45) is 5.24. The zero-order chi connectivity index (χ0) is 23.8. The zero-order valence-electron chi connectivity index (χ0n) is 19.3. The van der Waals surface area contributed by atoms with Crippen molar-refractivity contribution in [2.24, 2.45) is 9.98 Å². The molecule has 0 bridgehead atoms. The van der Waals surface area contributed by atoms with Crippen molar-refractivity contribution in [1.29, 1.82) is 0 Å². The summed E-state index contributed by atoms with van der Waals surface area (Å²) in [6.45, 7) is 11.8. The molecule has 3 heterocycles.